The maximum Gasteiger partial charge on any atom is 0.112 e. The molecule has 1 fully saturated rings. The Bertz CT molecular complexity index is 452. The summed E-state index contributed by atoms with van der Waals surface area (Å²) in [6.07, 6.45) is 11.0. The molecule has 0 atom stereocenters. The third kappa shape index (κ3) is 3.34. The minimum absolute atomic E-state index is 1.18. The van der Waals surface area contributed by atoms with Crippen LogP contribution in [0.15, 0.2) is 21.7 Å². The number of allylic oxidation sites excluding steroid dienone is 3. The van der Waals surface area contributed by atoms with E-state index in [9.17, 15) is 0 Å². The third-order valence-electron chi connectivity index (χ3n) is 6.29. The molecule has 0 aliphatic carbocycles. The van der Waals surface area contributed by atoms with Gasteiger partial charge in [-0.3, -0.25) is 0 Å². The van der Waals surface area contributed by atoms with Gasteiger partial charge >= 0.3 is 0 Å². The Labute approximate surface area is 146 Å². The monoisotopic (exact) mass is 333 g/mol. The second kappa shape index (κ2) is 8.55. The van der Waals surface area contributed by atoms with Crippen molar-refractivity contribution in [3.8, 4) is 0 Å². The highest BCUT2D eigenvalue weighted by Crippen LogP contribution is 2.55. The second-order valence-corrected chi connectivity index (χ2v) is 11.8. The smallest absolute Gasteiger partial charge is 0.112 e. The largest absolute Gasteiger partial charge is 0.372 e. The molecule has 0 unspecified atom stereocenters. The van der Waals surface area contributed by atoms with Crippen LogP contribution in [0.2, 0.25) is 12.1 Å². The Balaban J connectivity index is 2.48. The van der Waals surface area contributed by atoms with Crippen LogP contribution in [0.4, 0.5) is 0 Å². The summed E-state index contributed by atoms with van der Waals surface area (Å²) in [6, 6.07) is 3.14. The zero-order valence-electron chi connectivity index (χ0n) is 16.4. The highest BCUT2D eigenvalue weighted by atomic mass is 28.3. The van der Waals surface area contributed by atoms with E-state index in [4.69, 9.17) is 0 Å². The van der Waals surface area contributed by atoms with Gasteiger partial charge in [0.1, 0.15) is 8.07 Å². The van der Waals surface area contributed by atoms with Crippen molar-refractivity contribution >= 4 is 8.07 Å². The van der Waals surface area contributed by atoms with Crippen LogP contribution in [0.5, 0.6) is 0 Å². The van der Waals surface area contributed by atoms with Crippen LogP contribution >= 0.6 is 0 Å². The molecule has 1 saturated heterocycles. The van der Waals surface area contributed by atoms with Crippen molar-refractivity contribution in [2.45, 2.75) is 98.1 Å². The molecule has 0 aromatic carbocycles. The van der Waals surface area contributed by atoms with Gasteiger partial charge in [0, 0.05) is 18.8 Å². The van der Waals surface area contributed by atoms with E-state index in [1.807, 2.05) is 10.4 Å². The van der Waals surface area contributed by atoms with Gasteiger partial charge in [-0.05, 0) is 38.7 Å². The molecule has 2 aliphatic rings. The molecule has 1 nitrogen and oxygen atoms in total. The normalized spacial score (nSPS) is 19.7. The summed E-state index contributed by atoms with van der Waals surface area (Å²) in [4.78, 5) is 2.70. The molecule has 0 radical (unpaired) electrons. The van der Waals surface area contributed by atoms with E-state index in [0.29, 0.717) is 0 Å². The average molecular weight is 334 g/mol. The topological polar surface area (TPSA) is 3.24 Å². The van der Waals surface area contributed by atoms with E-state index < -0.39 is 8.07 Å². The maximum absolute atomic E-state index is 2.70. The lowest BCUT2D eigenvalue weighted by Gasteiger charge is -2.42. The van der Waals surface area contributed by atoms with Gasteiger partial charge < -0.3 is 4.90 Å². The third-order valence-corrected chi connectivity index (χ3v) is 12.1. The first-order valence-electron chi connectivity index (χ1n) is 10.4. The maximum atomic E-state index is 2.70. The fourth-order valence-corrected chi connectivity index (χ4v) is 10.5. The van der Waals surface area contributed by atoms with E-state index in [1.165, 1.54) is 64.5 Å². The molecule has 2 aliphatic heterocycles. The summed E-state index contributed by atoms with van der Waals surface area (Å²) < 4.78 is 0. The van der Waals surface area contributed by atoms with Gasteiger partial charge in [-0.2, -0.15) is 0 Å². The molecule has 2 rings (SSSR count). The summed E-state index contributed by atoms with van der Waals surface area (Å²) in [5.41, 5.74) is 3.56. The van der Waals surface area contributed by atoms with E-state index >= 15 is 0 Å². The van der Waals surface area contributed by atoms with Crippen LogP contribution in [0.3, 0.4) is 0 Å². The summed E-state index contributed by atoms with van der Waals surface area (Å²) in [5.74, 6) is 0. The number of nitrogens with zero attached hydrogens (tertiary/aromatic N) is 1. The molecule has 0 amide bonds. The van der Waals surface area contributed by atoms with Gasteiger partial charge in [-0.1, -0.05) is 75.4 Å². The molecule has 0 aromatic heterocycles. The SMILES string of the molecule is CCCCC1=C(CC)C(N(CC)CC)=C(CCCC)[Si]12CCC2. The number of hydrogen-bond donors (Lipinski definition) is 0. The Hall–Kier alpha value is -0.503. The number of likely N-dealkylation sites (N-methyl/N-ethyl adjacent to an activating group) is 1. The van der Waals surface area contributed by atoms with Gasteiger partial charge in [0.05, 0.1) is 0 Å². The van der Waals surface area contributed by atoms with Gasteiger partial charge in [-0.25, -0.2) is 0 Å². The number of hydrogen-bond acceptors (Lipinski definition) is 1. The van der Waals surface area contributed by atoms with Gasteiger partial charge in [0.2, 0.25) is 0 Å². The van der Waals surface area contributed by atoms with Gasteiger partial charge in [0.15, 0.2) is 0 Å². The predicted molar refractivity (Wildman–Crippen MR) is 106 cm³/mol. The van der Waals surface area contributed by atoms with Crippen molar-refractivity contribution < 1.29 is 0 Å². The van der Waals surface area contributed by atoms with Crippen molar-refractivity contribution in [3.05, 3.63) is 21.7 Å². The molecule has 2 heteroatoms. The summed E-state index contributed by atoms with van der Waals surface area (Å²) in [5, 5.41) is 3.98. The van der Waals surface area contributed by atoms with Crippen molar-refractivity contribution in [2.24, 2.45) is 0 Å². The molecule has 0 N–H and O–H groups in total. The van der Waals surface area contributed by atoms with Crippen molar-refractivity contribution in [2.75, 3.05) is 13.1 Å². The fourth-order valence-electron chi connectivity index (χ4n) is 4.91. The average Bonchev–Trinajstić information content (AvgIpc) is 2.81. The minimum atomic E-state index is -1.24. The molecule has 2 heterocycles. The van der Waals surface area contributed by atoms with E-state index in [0.717, 1.165) is 0 Å². The van der Waals surface area contributed by atoms with Gasteiger partial charge in [0.25, 0.3) is 0 Å². The van der Waals surface area contributed by atoms with Crippen molar-refractivity contribution in [3.63, 3.8) is 0 Å². The zero-order chi connectivity index (χ0) is 16.9. The lowest BCUT2D eigenvalue weighted by molar-refractivity contribution is 0.384. The summed E-state index contributed by atoms with van der Waals surface area (Å²) in [6.45, 7) is 14.2. The molecule has 132 valence electrons. The lowest BCUT2D eigenvalue weighted by atomic mass is 10.0. The van der Waals surface area contributed by atoms with Crippen LogP contribution in [0, 0.1) is 0 Å². The first kappa shape index (κ1) is 18.8. The van der Waals surface area contributed by atoms with Crippen LogP contribution in [-0.4, -0.2) is 26.1 Å². The predicted octanol–water partition coefficient (Wildman–Crippen LogP) is 6.61. The molecular formula is C21H39NSi. The Kier molecular flexibility index (Phi) is 7.00. The van der Waals surface area contributed by atoms with E-state index in [-0.39, 0.29) is 0 Å². The van der Waals surface area contributed by atoms with Gasteiger partial charge in [-0.15, -0.1) is 0 Å². The van der Waals surface area contributed by atoms with E-state index in [2.05, 4.69) is 39.5 Å². The molecule has 1 spiro atoms. The fraction of sp³-hybridized carbons (Fsp3) is 0.810. The Morgan fingerprint density at radius 2 is 1.39 bits per heavy atom. The Morgan fingerprint density at radius 1 is 0.826 bits per heavy atom. The zero-order valence-corrected chi connectivity index (χ0v) is 17.4. The van der Waals surface area contributed by atoms with E-state index in [1.54, 1.807) is 23.4 Å². The molecule has 23 heavy (non-hydrogen) atoms. The van der Waals surface area contributed by atoms with Crippen molar-refractivity contribution in [1.29, 1.82) is 0 Å². The highest BCUT2D eigenvalue weighted by molar-refractivity contribution is 6.95. The van der Waals surface area contributed by atoms with Crippen LogP contribution in [0.1, 0.15) is 86.0 Å². The summed E-state index contributed by atoms with van der Waals surface area (Å²) >= 11 is 0. The first-order chi connectivity index (χ1) is 11.2. The molecule has 0 bridgehead atoms. The van der Waals surface area contributed by atoms with Crippen LogP contribution in [-0.2, 0) is 0 Å². The second-order valence-electron chi connectivity index (χ2n) is 7.45. The number of unbranched alkanes of at least 4 members (excludes halogenated alkanes) is 2. The molecule has 0 aromatic rings. The first-order valence-corrected chi connectivity index (χ1v) is 12.8. The summed E-state index contributed by atoms with van der Waals surface area (Å²) in [7, 11) is -1.24. The highest BCUT2D eigenvalue weighted by Gasteiger charge is 2.51. The quantitative estimate of drug-likeness (QED) is 0.406. The Morgan fingerprint density at radius 3 is 1.78 bits per heavy atom. The van der Waals surface area contributed by atoms with Crippen LogP contribution < -0.4 is 0 Å². The van der Waals surface area contributed by atoms with Crippen molar-refractivity contribution in [1.82, 2.24) is 4.90 Å². The lowest BCUT2D eigenvalue weighted by Crippen LogP contribution is -2.45. The standard InChI is InChI=1S/C21H39NSi/c1-6-11-14-19-18(8-3)21(22(9-4)10-5)20(15-12-7-2)23(19)16-13-17-23/h6-17H2,1-5H3. The molecule has 0 saturated carbocycles. The van der Waals surface area contributed by atoms with Crippen LogP contribution in [0.25, 0.3) is 0 Å². The number of rotatable bonds is 10. The molecular weight excluding hydrogens is 294 g/mol. The minimum Gasteiger partial charge on any atom is -0.372 e.